The van der Waals surface area contributed by atoms with Crippen LogP contribution in [0.2, 0.25) is 0 Å². The highest BCUT2D eigenvalue weighted by Crippen LogP contribution is 2.19. The Hall–Kier alpha value is -1.49. The number of halogens is 2. The molecule has 1 amide bonds. The largest absolute Gasteiger partial charge is 0.349 e. The van der Waals surface area contributed by atoms with Crippen LogP contribution in [0.25, 0.3) is 0 Å². The molecule has 1 fully saturated rings. The molecule has 1 aromatic rings. The van der Waals surface area contributed by atoms with Gasteiger partial charge >= 0.3 is 0 Å². The Morgan fingerprint density at radius 1 is 1.11 bits per heavy atom. The molecule has 5 heteroatoms. The molecule has 1 aliphatic carbocycles. The van der Waals surface area contributed by atoms with Gasteiger partial charge in [0, 0.05) is 12.1 Å². The number of amides is 1. The molecule has 0 radical (unpaired) electrons. The minimum absolute atomic E-state index is 0.00361. The summed E-state index contributed by atoms with van der Waals surface area (Å²) in [4.78, 5) is 11.9. The average Bonchev–Trinajstić information content (AvgIpc) is 2.39. The summed E-state index contributed by atoms with van der Waals surface area (Å²) in [5, 5.41) is 5.91. The van der Waals surface area contributed by atoms with Gasteiger partial charge in [-0.25, -0.2) is 8.78 Å². The second-order valence-corrected chi connectivity index (χ2v) is 4.91. The van der Waals surface area contributed by atoms with E-state index in [1.165, 1.54) is 6.07 Å². The van der Waals surface area contributed by atoms with Crippen LogP contribution in [0.15, 0.2) is 18.2 Å². The Balaban J connectivity index is 1.98. The maximum absolute atomic E-state index is 13.5. The van der Waals surface area contributed by atoms with Gasteiger partial charge in [0.25, 0.3) is 5.91 Å². The lowest BCUT2D eigenvalue weighted by Crippen LogP contribution is -2.41. The Labute approximate surface area is 111 Å². The molecule has 1 aliphatic rings. The Morgan fingerprint density at radius 2 is 1.63 bits per heavy atom. The molecule has 0 saturated heterocycles. The molecule has 3 nitrogen and oxygen atoms in total. The van der Waals surface area contributed by atoms with Gasteiger partial charge in [0.1, 0.15) is 17.2 Å². The third-order valence-corrected chi connectivity index (χ3v) is 3.66. The SMILES string of the molecule is CNC1CCC(NC(=O)c2c(F)cccc2F)CC1. The molecule has 0 spiro atoms. The molecular formula is C14H18F2N2O. The van der Waals surface area contributed by atoms with Crippen molar-refractivity contribution in [1.82, 2.24) is 10.6 Å². The molecule has 0 bridgehead atoms. The van der Waals surface area contributed by atoms with Crippen LogP contribution in [0.3, 0.4) is 0 Å². The third-order valence-electron chi connectivity index (χ3n) is 3.66. The molecule has 2 rings (SSSR count). The van der Waals surface area contributed by atoms with Gasteiger partial charge in [-0.3, -0.25) is 4.79 Å². The van der Waals surface area contributed by atoms with E-state index in [9.17, 15) is 13.6 Å². The third kappa shape index (κ3) is 3.29. The molecule has 0 atom stereocenters. The second-order valence-electron chi connectivity index (χ2n) is 4.91. The summed E-state index contributed by atoms with van der Waals surface area (Å²) in [6, 6.07) is 3.90. The highest BCUT2D eigenvalue weighted by atomic mass is 19.1. The fourth-order valence-electron chi connectivity index (χ4n) is 2.50. The van der Waals surface area contributed by atoms with E-state index in [2.05, 4.69) is 10.6 Å². The number of carbonyl (C=O) groups is 1. The van der Waals surface area contributed by atoms with Crippen molar-refractivity contribution in [3.63, 3.8) is 0 Å². The van der Waals surface area contributed by atoms with E-state index in [0.29, 0.717) is 6.04 Å². The van der Waals surface area contributed by atoms with Gasteiger partial charge in [-0.1, -0.05) is 6.07 Å². The van der Waals surface area contributed by atoms with E-state index in [0.717, 1.165) is 37.8 Å². The van der Waals surface area contributed by atoms with Gasteiger partial charge in [0.15, 0.2) is 0 Å². The van der Waals surface area contributed by atoms with Gasteiger partial charge in [0.2, 0.25) is 0 Å². The highest BCUT2D eigenvalue weighted by Gasteiger charge is 2.24. The topological polar surface area (TPSA) is 41.1 Å². The molecule has 0 aliphatic heterocycles. The number of carbonyl (C=O) groups excluding carboxylic acids is 1. The van der Waals surface area contributed by atoms with Crippen LogP contribution < -0.4 is 10.6 Å². The summed E-state index contributed by atoms with van der Waals surface area (Å²) < 4.78 is 26.9. The first kappa shape index (κ1) is 13.9. The van der Waals surface area contributed by atoms with Gasteiger partial charge in [0.05, 0.1) is 0 Å². The maximum atomic E-state index is 13.5. The Bertz CT molecular complexity index is 437. The van der Waals surface area contributed by atoms with Crippen molar-refractivity contribution in [1.29, 1.82) is 0 Å². The van der Waals surface area contributed by atoms with Crippen LogP contribution >= 0.6 is 0 Å². The molecule has 19 heavy (non-hydrogen) atoms. The predicted octanol–water partition coefficient (Wildman–Crippen LogP) is 2.23. The minimum Gasteiger partial charge on any atom is -0.349 e. The summed E-state index contributed by atoms with van der Waals surface area (Å²) in [6.45, 7) is 0. The van der Waals surface area contributed by atoms with E-state index < -0.39 is 23.1 Å². The lowest BCUT2D eigenvalue weighted by Gasteiger charge is -2.28. The van der Waals surface area contributed by atoms with Gasteiger partial charge < -0.3 is 10.6 Å². The van der Waals surface area contributed by atoms with Crippen molar-refractivity contribution in [2.75, 3.05) is 7.05 Å². The number of hydrogen-bond donors (Lipinski definition) is 2. The fourth-order valence-corrected chi connectivity index (χ4v) is 2.50. The smallest absolute Gasteiger partial charge is 0.257 e. The first-order valence-electron chi connectivity index (χ1n) is 6.54. The molecular weight excluding hydrogens is 250 g/mol. The van der Waals surface area contributed by atoms with Crippen LogP contribution in [0, 0.1) is 11.6 Å². The van der Waals surface area contributed by atoms with Crippen LogP contribution in [0.4, 0.5) is 8.78 Å². The normalized spacial score (nSPS) is 23.1. The van der Waals surface area contributed by atoms with Gasteiger partial charge in [-0.15, -0.1) is 0 Å². The van der Waals surface area contributed by atoms with Crippen LogP contribution in [-0.4, -0.2) is 25.0 Å². The Kier molecular flexibility index (Phi) is 4.47. The van der Waals surface area contributed by atoms with Crippen molar-refractivity contribution in [2.45, 2.75) is 37.8 Å². The van der Waals surface area contributed by atoms with Crippen molar-refractivity contribution >= 4 is 5.91 Å². The summed E-state index contributed by atoms with van der Waals surface area (Å²) in [5.74, 6) is -2.30. The monoisotopic (exact) mass is 268 g/mol. The fraction of sp³-hybridized carbons (Fsp3) is 0.500. The molecule has 1 saturated carbocycles. The van der Waals surface area contributed by atoms with E-state index >= 15 is 0 Å². The van der Waals surface area contributed by atoms with E-state index in [1.54, 1.807) is 0 Å². The van der Waals surface area contributed by atoms with Crippen molar-refractivity contribution in [3.8, 4) is 0 Å². The lowest BCUT2D eigenvalue weighted by molar-refractivity contribution is 0.0916. The van der Waals surface area contributed by atoms with Crippen molar-refractivity contribution in [3.05, 3.63) is 35.4 Å². The first-order chi connectivity index (χ1) is 9.11. The zero-order valence-corrected chi connectivity index (χ0v) is 10.9. The van der Waals surface area contributed by atoms with Crippen molar-refractivity contribution in [2.24, 2.45) is 0 Å². The first-order valence-corrected chi connectivity index (χ1v) is 6.54. The van der Waals surface area contributed by atoms with Crippen LogP contribution in [0.5, 0.6) is 0 Å². The van der Waals surface area contributed by atoms with Crippen molar-refractivity contribution < 1.29 is 13.6 Å². The second kappa shape index (κ2) is 6.10. The summed E-state index contributed by atoms with van der Waals surface area (Å²) in [5.41, 5.74) is -0.488. The van der Waals surface area contributed by atoms with Crippen LogP contribution in [0.1, 0.15) is 36.0 Å². The Morgan fingerprint density at radius 3 is 2.16 bits per heavy atom. The highest BCUT2D eigenvalue weighted by molar-refractivity contribution is 5.94. The summed E-state index contributed by atoms with van der Waals surface area (Å²) in [7, 11) is 1.91. The maximum Gasteiger partial charge on any atom is 0.257 e. The molecule has 0 heterocycles. The van der Waals surface area contributed by atoms with Gasteiger partial charge in [-0.2, -0.15) is 0 Å². The quantitative estimate of drug-likeness (QED) is 0.882. The zero-order valence-electron chi connectivity index (χ0n) is 10.9. The molecule has 104 valence electrons. The van der Waals surface area contributed by atoms with E-state index in [-0.39, 0.29) is 6.04 Å². The van der Waals surface area contributed by atoms with Crippen LogP contribution in [-0.2, 0) is 0 Å². The average molecular weight is 268 g/mol. The standard InChI is InChI=1S/C14H18F2N2O/c1-17-9-5-7-10(8-6-9)18-14(19)13-11(15)3-2-4-12(13)16/h2-4,9-10,17H,5-8H2,1H3,(H,18,19). The number of hydrogen-bond acceptors (Lipinski definition) is 2. The minimum atomic E-state index is -0.818. The lowest BCUT2D eigenvalue weighted by atomic mass is 9.91. The van der Waals surface area contributed by atoms with Gasteiger partial charge in [-0.05, 0) is 44.9 Å². The van der Waals surface area contributed by atoms with E-state index in [1.807, 2.05) is 7.05 Å². The molecule has 0 aromatic heterocycles. The molecule has 0 unspecified atom stereocenters. The summed E-state index contributed by atoms with van der Waals surface area (Å²) >= 11 is 0. The zero-order chi connectivity index (χ0) is 13.8. The number of nitrogens with one attached hydrogen (secondary N) is 2. The molecule has 2 N–H and O–H groups in total. The number of rotatable bonds is 3. The van der Waals surface area contributed by atoms with E-state index in [4.69, 9.17) is 0 Å². The summed E-state index contributed by atoms with van der Waals surface area (Å²) in [6.07, 6.45) is 3.57. The molecule has 1 aromatic carbocycles. The predicted molar refractivity (Wildman–Crippen MR) is 68.9 cm³/mol. The number of benzene rings is 1.